The zero-order valence-electron chi connectivity index (χ0n) is 10.7. The minimum Gasteiger partial charge on any atom is -0.396 e. The fourth-order valence-electron chi connectivity index (χ4n) is 1.56. The number of nitro benzene ring substituents is 1. The average molecular weight is 288 g/mol. The van der Waals surface area contributed by atoms with Crippen molar-refractivity contribution in [3.05, 3.63) is 39.4 Å². The van der Waals surface area contributed by atoms with E-state index in [9.17, 15) is 23.7 Å². The van der Waals surface area contributed by atoms with Gasteiger partial charge in [-0.15, -0.1) is 0 Å². The molecule has 1 rings (SSSR count). The molecule has 20 heavy (non-hydrogen) atoms. The Balaban J connectivity index is 2.90. The number of benzene rings is 1. The molecule has 8 heteroatoms. The summed E-state index contributed by atoms with van der Waals surface area (Å²) in [6.07, 6.45) is 0.437. The summed E-state index contributed by atoms with van der Waals surface area (Å²) in [7, 11) is 0. The maximum atomic E-state index is 13.7. The van der Waals surface area contributed by atoms with Gasteiger partial charge in [0.25, 0.3) is 5.91 Å². The fourth-order valence-corrected chi connectivity index (χ4v) is 1.56. The first kappa shape index (κ1) is 16.0. The highest BCUT2D eigenvalue weighted by Crippen LogP contribution is 2.22. The highest BCUT2D eigenvalue weighted by molar-refractivity contribution is 5.95. The van der Waals surface area contributed by atoms with Crippen LogP contribution in [0.4, 0.5) is 14.5 Å². The largest absolute Gasteiger partial charge is 0.396 e. The lowest BCUT2D eigenvalue weighted by molar-refractivity contribution is -0.387. The first-order valence-electron chi connectivity index (χ1n) is 5.89. The van der Waals surface area contributed by atoms with Crippen LogP contribution in [-0.2, 0) is 0 Å². The van der Waals surface area contributed by atoms with Gasteiger partial charge in [0, 0.05) is 13.2 Å². The average Bonchev–Trinajstić information content (AvgIpc) is 2.38. The number of hydrogen-bond acceptors (Lipinski definition) is 4. The van der Waals surface area contributed by atoms with Crippen LogP contribution in [0.2, 0.25) is 0 Å². The zero-order valence-corrected chi connectivity index (χ0v) is 10.7. The van der Waals surface area contributed by atoms with Crippen LogP contribution in [0.3, 0.4) is 0 Å². The molecule has 6 nitrogen and oxygen atoms in total. The summed E-state index contributed by atoms with van der Waals surface area (Å²) in [4.78, 5) is 21.1. The molecule has 1 aromatic rings. The first-order chi connectivity index (χ1) is 9.36. The van der Waals surface area contributed by atoms with Crippen LogP contribution in [0.25, 0.3) is 0 Å². The minimum absolute atomic E-state index is 0.0587. The third-order valence-corrected chi connectivity index (χ3v) is 2.69. The van der Waals surface area contributed by atoms with Crippen molar-refractivity contribution >= 4 is 11.6 Å². The highest BCUT2D eigenvalue weighted by Gasteiger charge is 2.24. The van der Waals surface area contributed by atoms with Crippen molar-refractivity contribution in [1.82, 2.24) is 5.32 Å². The Bertz CT molecular complexity index is 522. The number of hydrogen-bond donors (Lipinski definition) is 2. The van der Waals surface area contributed by atoms with Gasteiger partial charge in [-0.25, -0.2) is 4.39 Å². The predicted molar refractivity (Wildman–Crippen MR) is 66.2 cm³/mol. The van der Waals surface area contributed by atoms with Crippen LogP contribution in [0.1, 0.15) is 23.7 Å². The summed E-state index contributed by atoms with van der Waals surface area (Å²) in [6, 6.07) is 1.02. The van der Waals surface area contributed by atoms with E-state index in [2.05, 4.69) is 5.32 Å². The Hall–Kier alpha value is -2.09. The number of nitrogens with one attached hydrogen (secondary N) is 1. The van der Waals surface area contributed by atoms with E-state index in [1.807, 2.05) is 0 Å². The molecule has 0 saturated carbocycles. The molecule has 1 atom stereocenters. The molecule has 0 saturated heterocycles. The van der Waals surface area contributed by atoms with Crippen LogP contribution in [-0.4, -0.2) is 29.1 Å². The van der Waals surface area contributed by atoms with Gasteiger partial charge >= 0.3 is 5.69 Å². The summed E-state index contributed by atoms with van der Waals surface area (Å²) in [6.45, 7) is 1.83. The number of nitro groups is 1. The van der Waals surface area contributed by atoms with E-state index in [0.29, 0.717) is 18.6 Å². The summed E-state index contributed by atoms with van der Waals surface area (Å²) in [5, 5.41) is 21.6. The van der Waals surface area contributed by atoms with Crippen molar-refractivity contribution in [2.24, 2.45) is 5.92 Å². The number of halogens is 2. The third-order valence-electron chi connectivity index (χ3n) is 2.69. The molecule has 0 aliphatic carbocycles. The molecule has 0 spiro atoms. The second-order valence-corrected chi connectivity index (χ2v) is 4.37. The van der Waals surface area contributed by atoms with E-state index in [1.165, 1.54) is 0 Å². The maximum absolute atomic E-state index is 13.7. The number of nitrogens with zero attached hydrogens (tertiary/aromatic N) is 1. The summed E-state index contributed by atoms with van der Waals surface area (Å²) in [5.74, 6) is -3.43. The smallest absolute Gasteiger partial charge is 0.308 e. The van der Waals surface area contributed by atoms with Crippen LogP contribution < -0.4 is 5.32 Å². The van der Waals surface area contributed by atoms with E-state index < -0.39 is 33.7 Å². The molecule has 110 valence electrons. The lowest BCUT2D eigenvalue weighted by Gasteiger charge is -2.11. The van der Waals surface area contributed by atoms with Crippen molar-refractivity contribution < 1.29 is 23.6 Å². The molecular formula is C12H14F2N2O4. The Labute approximate surface area is 113 Å². The van der Waals surface area contributed by atoms with Gasteiger partial charge in [-0.2, -0.15) is 4.39 Å². The van der Waals surface area contributed by atoms with Gasteiger partial charge in [0.1, 0.15) is 5.82 Å². The summed E-state index contributed by atoms with van der Waals surface area (Å²) in [5.41, 5.74) is -1.80. The number of amides is 1. The molecule has 0 aromatic heterocycles. The topological polar surface area (TPSA) is 92.5 Å². The van der Waals surface area contributed by atoms with Crippen molar-refractivity contribution in [3.8, 4) is 0 Å². The Morgan fingerprint density at radius 1 is 1.50 bits per heavy atom. The molecular weight excluding hydrogens is 274 g/mol. The van der Waals surface area contributed by atoms with E-state index in [1.54, 1.807) is 6.92 Å². The molecule has 1 amide bonds. The number of rotatable bonds is 6. The monoisotopic (exact) mass is 288 g/mol. The van der Waals surface area contributed by atoms with Gasteiger partial charge in [-0.1, -0.05) is 6.92 Å². The SMILES string of the molecule is CC(CCO)CNC(=O)c1cc(F)cc([N+](=O)[O-])c1F. The highest BCUT2D eigenvalue weighted by atomic mass is 19.1. The standard InChI is InChI=1S/C12H14F2N2O4/c1-7(2-3-17)6-15-12(18)9-4-8(13)5-10(11(9)14)16(19)20/h4-5,7,17H,2-3,6H2,1H3,(H,15,18). The van der Waals surface area contributed by atoms with Gasteiger partial charge in [-0.05, 0) is 18.4 Å². The third kappa shape index (κ3) is 3.95. The second-order valence-electron chi connectivity index (χ2n) is 4.37. The summed E-state index contributed by atoms with van der Waals surface area (Å²) < 4.78 is 26.9. The lowest BCUT2D eigenvalue weighted by atomic mass is 10.1. The normalized spacial score (nSPS) is 12.0. The molecule has 1 unspecified atom stereocenters. The Morgan fingerprint density at radius 2 is 2.15 bits per heavy atom. The van der Waals surface area contributed by atoms with Crippen molar-refractivity contribution in [2.75, 3.05) is 13.2 Å². The number of aliphatic hydroxyl groups excluding tert-OH is 1. The van der Waals surface area contributed by atoms with Crippen LogP contribution in [0.5, 0.6) is 0 Å². The lowest BCUT2D eigenvalue weighted by Crippen LogP contribution is -2.29. The van der Waals surface area contributed by atoms with Crippen LogP contribution >= 0.6 is 0 Å². The maximum Gasteiger partial charge on any atom is 0.308 e. The van der Waals surface area contributed by atoms with E-state index >= 15 is 0 Å². The van der Waals surface area contributed by atoms with E-state index in [-0.39, 0.29) is 19.1 Å². The van der Waals surface area contributed by atoms with E-state index in [4.69, 9.17) is 5.11 Å². The molecule has 0 aliphatic rings. The fraction of sp³-hybridized carbons (Fsp3) is 0.417. The van der Waals surface area contributed by atoms with E-state index in [0.717, 1.165) is 0 Å². The van der Waals surface area contributed by atoms with Crippen molar-refractivity contribution in [2.45, 2.75) is 13.3 Å². The van der Waals surface area contributed by atoms with Gasteiger partial charge in [0.05, 0.1) is 16.6 Å². The van der Waals surface area contributed by atoms with Crippen LogP contribution in [0.15, 0.2) is 12.1 Å². The summed E-state index contributed by atoms with van der Waals surface area (Å²) >= 11 is 0. The van der Waals surface area contributed by atoms with Crippen molar-refractivity contribution in [3.63, 3.8) is 0 Å². The molecule has 0 heterocycles. The van der Waals surface area contributed by atoms with Gasteiger partial charge in [0.15, 0.2) is 0 Å². The van der Waals surface area contributed by atoms with Gasteiger partial charge in [0.2, 0.25) is 5.82 Å². The number of aliphatic hydroxyl groups is 1. The molecule has 1 aromatic carbocycles. The van der Waals surface area contributed by atoms with Gasteiger partial charge in [-0.3, -0.25) is 14.9 Å². The molecule has 0 fully saturated rings. The quantitative estimate of drug-likeness (QED) is 0.614. The Kier molecular flexibility index (Phi) is 5.51. The molecule has 0 radical (unpaired) electrons. The molecule has 0 aliphatic heterocycles. The van der Waals surface area contributed by atoms with Crippen LogP contribution in [0, 0.1) is 27.7 Å². The minimum atomic E-state index is -1.37. The molecule has 2 N–H and O–H groups in total. The second kappa shape index (κ2) is 6.90. The first-order valence-corrected chi connectivity index (χ1v) is 5.89. The van der Waals surface area contributed by atoms with Crippen molar-refractivity contribution in [1.29, 1.82) is 0 Å². The number of carbonyl (C=O) groups is 1. The van der Waals surface area contributed by atoms with Gasteiger partial charge < -0.3 is 10.4 Å². The molecule has 0 bridgehead atoms. The predicted octanol–water partition coefficient (Wildman–Crippen LogP) is 1.62. The zero-order chi connectivity index (χ0) is 15.3. The number of carbonyl (C=O) groups excluding carboxylic acids is 1. The Morgan fingerprint density at radius 3 is 2.70 bits per heavy atom.